The van der Waals surface area contributed by atoms with Gasteiger partial charge in [0.1, 0.15) is 5.15 Å². The molecule has 0 spiro atoms. The molecule has 0 saturated carbocycles. The molecule has 13 heavy (non-hydrogen) atoms. The smallest absolute Gasteiger partial charge is 0.251 e. The summed E-state index contributed by atoms with van der Waals surface area (Å²) in [5.41, 5.74) is 6.02. The molecule has 0 radical (unpaired) electrons. The summed E-state index contributed by atoms with van der Waals surface area (Å²) in [7, 11) is 1.33. The normalized spacial score (nSPS) is 12.7. The Bertz CT molecular complexity index is 317. The molecule has 0 amide bonds. The molecule has 0 aliphatic rings. The molecule has 2 N–H and O–H groups in total. The highest BCUT2D eigenvalue weighted by Crippen LogP contribution is 2.25. The molecule has 1 rings (SSSR count). The minimum atomic E-state index is -0.556. The van der Waals surface area contributed by atoms with Gasteiger partial charge in [0.25, 0.3) is 5.88 Å². The van der Waals surface area contributed by atoms with E-state index in [0.29, 0.717) is 5.56 Å². The molecule has 0 saturated heterocycles. The molecule has 72 valence electrons. The van der Waals surface area contributed by atoms with Gasteiger partial charge in [-0.1, -0.05) is 11.6 Å². The van der Waals surface area contributed by atoms with Crippen molar-refractivity contribution in [1.29, 1.82) is 0 Å². The lowest BCUT2D eigenvalue weighted by molar-refractivity contribution is 0.368. The number of ether oxygens (including phenoxy) is 1. The van der Waals surface area contributed by atoms with Gasteiger partial charge in [-0.3, -0.25) is 0 Å². The molecule has 1 atom stereocenters. The highest BCUT2D eigenvalue weighted by atomic mass is 35.5. The number of hydrogen-bond donors (Lipinski definition) is 1. The fourth-order valence-corrected chi connectivity index (χ4v) is 1.23. The average molecular weight is 205 g/mol. The Kier molecular flexibility index (Phi) is 3.06. The monoisotopic (exact) mass is 204 g/mol. The highest BCUT2D eigenvalue weighted by molar-refractivity contribution is 6.30. The Balaban J connectivity index is 3.20. The highest BCUT2D eigenvalue weighted by Gasteiger charge is 2.12. The molecule has 1 aromatic heterocycles. The van der Waals surface area contributed by atoms with Crippen molar-refractivity contribution in [1.82, 2.24) is 4.98 Å². The van der Waals surface area contributed by atoms with Crippen molar-refractivity contribution in [2.75, 3.05) is 7.11 Å². The summed E-state index contributed by atoms with van der Waals surface area (Å²) in [5, 5.41) is 0.174. The zero-order valence-corrected chi connectivity index (χ0v) is 8.10. The van der Waals surface area contributed by atoms with Crippen LogP contribution in [0, 0.1) is 5.82 Å². The predicted molar refractivity (Wildman–Crippen MR) is 48.4 cm³/mol. The van der Waals surface area contributed by atoms with E-state index in [2.05, 4.69) is 9.72 Å². The van der Waals surface area contributed by atoms with Crippen LogP contribution in [0.25, 0.3) is 0 Å². The zero-order chi connectivity index (χ0) is 10.0. The van der Waals surface area contributed by atoms with E-state index in [1.54, 1.807) is 6.92 Å². The second-order valence-electron chi connectivity index (χ2n) is 2.65. The third kappa shape index (κ3) is 2.08. The molecule has 0 aromatic carbocycles. The van der Waals surface area contributed by atoms with Crippen LogP contribution in [-0.4, -0.2) is 12.1 Å². The van der Waals surface area contributed by atoms with Crippen molar-refractivity contribution < 1.29 is 9.13 Å². The Morgan fingerprint density at radius 2 is 2.31 bits per heavy atom. The first-order valence-corrected chi connectivity index (χ1v) is 4.09. The van der Waals surface area contributed by atoms with Gasteiger partial charge in [-0.15, -0.1) is 0 Å². The van der Waals surface area contributed by atoms with Gasteiger partial charge in [0.05, 0.1) is 7.11 Å². The molecule has 3 nitrogen and oxygen atoms in total. The summed E-state index contributed by atoms with van der Waals surface area (Å²) in [6.45, 7) is 1.70. The molecule has 1 aromatic rings. The molecule has 0 bridgehead atoms. The van der Waals surface area contributed by atoms with E-state index in [4.69, 9.17) is 17.3 Å². The third-order valence-electron chi connectivity index (χ3n) is 1.61. The van der Waals surface area contributed by atoms with Crippen LogP contribution in [0.2, 0.25) is 5.15 Å². The molecule has 0 aliphatic heterocycles. The van der Waals surface area contributed by atoms with E-state index < -0.39 is 5.82 Å². The van der Waals surface area contributed by atoms with Gasteiger partial charge in [-0.2, -0.15) is 4.98 Å². The zero-order valence-electron chi connectivity index (χ0n) is 7.34. The van der Waals surface area contributed by atoms with E-state index in [0.717, 1.165) is 0 Å². The molecule has 5 heteroatoms. The summed E-state index contributed by atoms with van der Waals surface area (Å²) in [6, 6.07) is 0.888. The largest absolute Gasteiger partial charge is 0.479 e. The van der Waals surface area contributed by atoms with Crippen LogP contribution < -0.4 is 10.5 Å². The maximum Gasteiger partial charge on any atom is 0.251 e. The fraction of sp³-hybridized carbons (Fsp3) is 0.375. The molecule has 1 heterocycles. The van der Waals surface area contributed by atoms with Crippen LogP contribution in [0.15, 0.2) is 6.07 Å². The SMILES string of the molecule is COc1nc(Cl)c([C@@H](C)N)cc1F. The lowest BCUT2D eigenvalue weighted by Gasteiger charge is -2.09. The Hall–Kier alpha value is -0.870. The van der Waals surface area contributed by atoms with Crippen LogP contribution in [0.5, 0.6) is 5.88 Å². The Morgan fingerprint density at radius 3 is 2.77 bits per heavy atom. The summed E-state index contributed by atoms with van der Waals surface area (Å²) in [6.07, 6.45) is 0. The van der Waals surface area contributed by atoms with Crippen LogP contribution in [-0.2, 0) is 0 Å². The minimum Gasteiger partial charge on any atom is -0.479 e. The minimum absolute atomic E-state index is 0.116. The molecular formula is C8H10ClFN2O. The summed E-state index contributed by atoms with van der Waals surface area (Å²) in [5.74, 6) is -0.673. The van der Waals surface area contributed by atoms with Crippen LogP contribution >= 0.6 is 11.6 Å². The van der Waals surface area contributed by atoms with E-state index in [1.807, 2.05) is 0 Å². The van der Waals surface area contributed by atoms with Crippen molar-refractivity contribution in [2.24, 2.45) is 5.73 Å². The number of halogens is 2. The van der Waals surface area contributed by atoms with Gasteiger partial charge in [-0.05, 0) is 13.0 Å². The number of methoxy groups -OCH3 is 1. The summed E-state index contributed by atoms with van der Waals surface area (Å²) >= 11 is 5.74. The van der Waals surface area contributed by atoms with Crippen molar-refractivity contribution in [2.45, 2.75) is 13.0 Å². The quantitative estimate of drug-likeness (QED) is 0.749. The lowest BCUT2D eigenvalue weighted by Crippen LogP contribution is -2.08. The van der Waals surface area contributed by atoms with Gasteiger partial charge in [0.15, 0.2) is 5.82 Å². The maximum atomic E-state index is 13.1. The van der Waals surface area contributed by atoms with Crippen molar-refractivity contribution in [3.05, 3.63) is 22.6 Å². The van der Waals surface area contributed by atoms with Crippen molar-refractivity contribution in [3.63, 3.8) is 0 Å². The summed E-state index contributed by atoms with van der Waals surface area (Å²) in [4.78, 5) is 3.70. The standard InChI is InChI=1S/C8H10ClFN2O/c1-4(11)5-3-6(10)8(13-2)12-7(5)9/h3-4H,11H2,1-2H3/t4-/m1/s1. The van der Waals surface area contributed by atoms with E-state index >= 15 is 0 Å². The average Bonchev–Trinajstić information content (AvgIpc) is 2.07. The van der Waals surface area contributed by atoms with Gasteiger partial charge in [0.2, 0.25) is 0 Å². The third-order valence-corrected chi connectivity index (χ3v) is 1.91. The maximum absolute atomic E-state index is 13.1. The lowest BCUT2D eigenvalue weighted by atomic mass is 10.1. The predicted octanol–water partition coefficient (Wildman–Crippen LogP) is 1.90. The number of nitrogens with two attached hydrogens (primary N) is 1. The van der Waals surface area contributed by atoms with Crippen LogP contribution in [0.1, 0.15) is 18.5 Å². The van der Waals surface area contributed by atoms with Crippen molar-refractivity contribution >= 4 is 11.6 Å². The molecule has 0 unspecified atom stereocenters. The fourth-order valence-electron chi connectivity index (χ4n) is 0.927. The van der Waals surface area contributed by atoms with E-state index in [9.17, 15) is 4.39 Å². The first-order valence-electron chi connectivity index (χ1n) is 3.71. The van der Waals surface area contributed by atoms with Gasteiger partial charge in [-0.25, -0.2) is 4.39 Å². The topological polar surface area (TPSA) is 48.1 Å². The van der Waals surface area contributed by atoms with Crippen LogP contribution in [0.4, 0.5) is 4.39 Å². The second-order valence-corrected chi connectivity index (χ2v) is 3.01. The van der Waals surface area contributed by atoms with Gasteiger partial charge in [0, 0.05) is 11.6 Å². The first-order chi connectivity index (χ1) is 6.06. The number of pyridine rings is 1. The van der Waals surface area contributed by atoms with Gasteiger partial charge >= 0.3 is 0 Å². The Morgan fingerprint density at radius 1 is 1.69 bits per heavy atom. The van der Waals surface area contributed by atoms with E-state index in [1.165, 1.54) is 13.2 Å². The molecule has 0 fully saturated rings. The van der Waals surface area contributed by atoms with Crippen molar-refractivity contribution in [3.8, 4) is 5.88 Å². The number of rotatable bonds is 2. The first kappa shape index (κ1) is 10.2. The van der Waals surface area contributed by atoms with Gasteiger partial charge < -0.3 is 10.5 Å². The Labute approximate surface area is 80.7 Å². The summed E-state index contributed by atoms with van der Waals surface area (Å²) < 4.78 is 17.7. The number of hydrogen-bond acceptors (Lipinski definition) is 3. The number of aromatic nitrogens is 1. The van der Waals surface area contributed by atoms with E-state index in [-0.39, 0.29) is 17.1 Å². The van der Waals surface area contributed by atoms with Crippen LogP contribution in [0.3, 0.4) is 0 Å². The molecular weight excluding hydrogens is 195 g/mol. The second kappa shape index (κ2) is 3.89. The molecule has 0 aliphatic carbocycles. The number of nitrogens with zero attached hydrogens (tertiary/aromatic N) is 1.